The molecule has 0 amide bonds. The summed E-state index contributed by atoms with van der Waals surface area (Å²) in [6, 6.07) is 11.6. The van der Waals surface area contributed by atoms with Gasteiger partial charge < -0.3 is 9.16 Å². The van der Waals surface area contributed by atoms with Gasteiger partial charge in [0.2, 0.25) is 0 Å². The first-order valence-corrected chi connectivity index (χ1v) is 12.0. The van der Waals surface area contributed by atoms with Gasteiger partial charge in [-0.05, 0) is 52.5 Å². The number of rotatable bonds is 9. The van der Waals surface area contributed by atoms with Gasteiger partial charge >= 0.3 is 0 Å². The summed E-state index contributed by atoms with van der Waals surface area (Å²) >= 11 is 0. The summed E-state index contributed by atoms with van der Waals surface area (Å²) < 4.78 is 12.4. The molecule has 0 unspecified atom stereocenters. The van der Waals surface area contributed by atoms with Crippen molar-refractivity contribution in [1.29, 1.82) is 0 Å². The van der Waals surface area contributed by atoms with E-state index in [9.17, 15) is 0 Å². The number of hydrogen-bond acceptors (Lipinski definition) is 5. The van der Waals surface area contributed by atoms with Gasteiger partial charge in [-0.3, -0.25) is 5.43 Å². The van der Waals surface area contributed by atoms with E-state index >= 15 is 0 Å². The largest absolute Gasteiger partial charge is 0.540 e. The number of nitrogens with zero attached hydrogens (tertiary/aromatic N) is 2. The molecular weight excluding hydrogens is 402 g/mol. The minimum Gasteiger partial charge on any atom is -0.540 e. The predicted molar refractivity (Wildman–Crippen MR) is 127 cm³/mol. The van der Waals surface area contributed by atoms with Gasteiger partial charge in [-0.25, -0.2) is 4.98 Å². The zero-order valence-electron chi connectivity index (χ0n) is 18.5. The number of pyridine rings is 1. The van der Waals surface area contributed by atoms with Crippen LogP contribution in [-0.4, -0.2) is 26.6 Å². The fraction of sp³-hybridized carbons (Fsp3) is 0.455. The molecule has 0 fully saturated rings. The lowest BCUT2D eigenvalue weighted by Crippen LogP contribution is -2.50. The van der Waals surface area contributed by atoms with E-state index in [2.05, 4.69) is 57.1 Å². The molecule has 160 valence electrons. The topological polar surface area (TPSA) is 55.7 Å². The lowest BCUT2D eigenvalue weighted by Gasteiger charge is -2.42. The molecule has 0 saturated heterocycles. The molecule has 7 heteroatoms. The molecule has 1 aromatic heterocycles. The first-order chi connectivity index (χ1) is 13.3. The molecule has 0 bridgehead atoms. The molecule has 0 saturated carbocycles. The van der Waals surface area contributed by atoms with Crippen LogP contribution < -0.4 is 14.6 Å². The van der Waals surface area contributed by atoms with Crippen molar-refractivity contribution in [3.63, 3.8) is 0 Å². The number of ether oxygens (including phenoxy) is 1. The minimum absolute atomic E-state index is 0. The molecule has 2 rings (SSSR count). The highest BCUT2D eigenvalue weighted by atomic mass is 35.5. The van der Waals surface area contributed by atoms with Crippen LogP contribution in [0.4, 0.5) is 5.82 Å². The van der Waals surface area contributed by atoms with Crippen molar-refractivity contribution in [3.8, 4) is 11.5 Å². The number of halogens is 1. The SMILES string of the molecule is COc1cc(C=NNc2ccccn2)ccc1O[Si](C(C)C)(C(C)C)C(C)C.Cl. The van der Waals surface area contributed by atoms with Gasteiger partial charge in [0, 0.05) is 6.20 Å². The zero-order valence-corrected chi connectivity index (χ0v) is 20.3. The quantitative estimate of drug-likeness (QED) is 0.277. The van der Waals surface area contributed by atoms with Crippen LogP contribution in [0.1, 0.15) is 47.1 Å². The summed E-state index contributed by atoms with van der Waals surface area (Å²) in [7, 11) is -0.358. The molecule has 1 N–H and O–H groups in total. The molecule has 0 atom stereocenters. The normalized spacial score (nSPS) is 11.8. The number of anilines is 1. The Morgan fingerprint density at radius 1 is 0.966 bits per heavy atom. The molecule has 0 aliphatic heterocycles. The second-order valence-corrected chi connectivity index (χ2v) is 13.3. The third-order valence-corrected chi connectivity index (χ3v) is 11.2. The fourth-order valence-corrected chi connectivity index (χ4v) is 9.25. The molecule has 0 spiro atoms. The van der Waals surface area contributed by atoms with Gasteiger partial charge in [0.1, 0.15) is 11.6 Å². The highest BCUT2D eigenvalue weighted by molar-refractivity contribution is 6.78. The Hall–Kier alpha value is -2.05. The summed E-state index contributed by atoms with van der Waals surface area (Å²) in [5.74, 6) is 2.26. The van der Waals surface area contributed by atoms with Crippen molar-refractivity contribution in [1.82, 2.24) is 4.98 Å². The van der Waals surface area contributed by atoms with Crippen LogP contribution in [0.15, 0.2) is 47.7 Å². The average molecular weight is 436 g/mol. The molecule has 2 aromatic rings. The van der Waals surface area contributed by atoms with Crippen molar-refractivity contribution in [2.75, 3.05) is 12.5 Å². The van der Waals surface area contributed by atoms with Gasteiger partial charge in [-0.2, -0.15) is 5.10 Å². The van der Waals surface area contributed by atoms with E-state index in [-0.39, 0.29) is 12.4 Å². The highest BCUT2D eigenvalue weighted by Gasteiger charge is 2.47. The lowest BCUT2D eigenvalue weighted by atomic mass is 10.2. The molecule has 1 heterocycles. The van der Waals surface area contributed by atoms with Crippen LogP contribution in [0.3, 0.4) is 0 Å². The number of aromatic nitrogens is 1. The van der Waals surface area contributed by atoms with E-state index in [1.165, 1.54) is 0 Å². The van der Waals surface area contributed by atoms with Crippen LogP contribution in [0.25, 0.3) is 0 Å². The van der Waals surface area contributed by atoms with Gasteiger partial charge in [-0.1, -0.05) is 47.6 Å². The monoisotopic (exact) mass is 435 g/mol. The van der Waals surface area contributed by atoms with Gasteiger partial charge in [0.25, 0.3) is 8.32 Å². The van der Waals surface area contributed by atoms with Crippen LogP contribution in [0.2, 0.25) is 16.6 Å². The number of nitrogens with one attached hydrogen (secondary N) is 1. The third kappa shape index (κ3) is 5.96. The van der Waals surface area contributed by atoms with Gasteiger partial charge in [0.15, 0.2) is 5.75 Å². The molecule has 29 heavy (non-hydrogen) atoms. The van der Waals surface area contributed by atoms with E-state index in [4.69, 9.17) is 9.16 Å². The van der Waals surface area contributed by atoms with Crippen LogP contribution >= 0.6 is 12.4 Å². The maximum absolute atomic E-state index is 6.78. The van der Waals surface area contributed by atoms with Crippen LogP contribution in [-0.2, 0) is 0 Å². The summed E-state index contributed by atoms with van der Waals surface area (Å²) in [4.78, 5) is 4.18. The molecule has 0 radical (unpaired) electrons. The van der Waals surface area contributed by atoms with E-state index in [1.807, 2.05) is 36.4 Å². The third-order valence-electron chi connectivity index (χ3n) is 5.24. The fourth-order valence-electron chi connectivity index (χ4n) is 3.99. The zero-order chi connectivity index (χ0) is 20.7. The highest BCUT2D eigenvalue weighted by Crippen LogP contribution is 2.44. The Labute approximate surface area is 182 Å². The van der Waals surface area contributed by atoms with E-state index in [1.54, 1.807) is 19.5 Å². The molecule has 1 aromatic carbocycles. The van der Waals surface area contributed by atoms with E-state index < -0.39 is 8.32 Å². The molecule has 0 aliphatic rings. The Balaban J connectivity index is 0.00000420. The molecular formula is C22H34ClN3O2Si. The first-order valence-electron chi connectivity index (χ1n) is 9.88. The number of methoxy groups -OCH3 is 1. The second kappa shape index (κ2) is 11.2. The van der Waals surface area contributed by atoms with Crippen LogP contribution in [0.5, 0.6) is 11.5 Å². The van der Waals surface area contributed by atoms with E-state index in [0.717, 1.165) is 17.1 Å². The van der Waals surface area contributed by atoms with Crippen molar-refractivity contribution in [3.05, 3.63) is 48.2 Å². The molecule has 0 aliphatic carbocycles. The van der Waals surface area contributed by atoms with E-state index in [0.29, 0.717) is 22.4 Å². The number of hydrazone groups is 1. The van der Waals surface area contributed by atoms with Crippen LogP contribution in [0, 0.1) is 0 Å². The Bertz CT molecular complexity index is 761. The predicted octanol–water partition coefficient (Wildman–Crippen LogP) is 6.51. The average Bonchev–Trinajstić information content (AvgIpc) is 2.66. The Morgan fingerprint density at radius 2 is 1.62 bits per heavy atom. The lowest BCUT2D eigenvalue weighted by molar-refractivity contribution is 0.383. The summed E-state index contributed by atoms with van der Waals surface area (Å²) in [6.45, 7) is 13.7. The first kappa shape index (κ1) is 25.0. The number of benzene rings is 1. The second-order valence-electron chi connectivity index (χ2n) is 7.91. The summed E-state index contributed by atoms with van der Waals surface area (Å²) in [6.07, 6.45) is 3.47. The minimum atomic E-state index is -2.04. The van der Waals surface area contributed by atoms with Gasteiger partial charge in [-0.15, -0.1) is 12.4 Å². The Morgan fingerprint density at radius 3 is 2.14 bits per heavy atom. The molecule has 5 nitrogen and oxygen atoms in total. The van der Waals surface area contributed by atoms with Crippen molar-refractivity contribution < 1.29 is 9.16 Å². The summed E-state index contributed by atoms with van der Waals surface area (Å²) in [5.41, 5.74) is 5.35. The maximum Gasteiger partial charge on any atom is 0.258 e. The maximum atomic E-state index is 6.78. The number of hydrogen-bond donors (Lipinski definition) is 1. The van der Waals surface area contributed by atoms with Crippen molar-refractivity contribution >= 4 is 32.8 Å². The van der Waals surface area contributed by atoms with Crippen molar-refractivity contribution in [2.24, 2.45) is 5.10 Å². The van der Waals surface area contributed by atoms with Crippen molar-refractivity contribution in [2.45, 2.75) is 58.2 Å². The summed E-state index contributed by atoms with van der Waals surface area (Å²) in [5, 5.41) is 4.25. The van der Waals surface area contributed by atoms with Gasteiger partial charge in [0.05, 0.1) is 13.3 Å². The Kier molecular flexibility index (Phi) is 9.66. The smallest absolute Gasteiger partial charge is 0.258 e. The standard InChI is InChI=1S/C22H33N3O2Si.ClH/c1-16(2)28(17(3)4,18(5)6)27-20-12-11-19(14-21(20)26-7)15-24-25-22-10-8-9-13-23-22;/h8-18H,1-7H3,(H,23,25);1H.